The van der Waals surface area contributed by atoms with Crippen LogP contribution < -0.4 is 5.01 Å². The number of anilines is 1. The number of Topliss-reactive ketones (excluding diaryl/α,β-unsaturated/α-hetero) is 1. The fourth-order valence-electron chi connectivity index (χ4n) is 3.19. The van der Waals surface area contributed by atoms with Gasteiger partial charge in [-0.2, -0.15) is 0 Å². The number of hydrazine groups is 1. The largest absolute Gasteiger partial charge is 0.480 e. The molecule has 0 bridgehead atoms. The molecule has 28 heavy (non-hydrogen) atoms. The van der Waals surface area contributed by atoms with E-state index in [0.717, 1.165) is 10.8 Å². The molecule has 0 amide bonds. The predicted molar refractivity (Wildman–Crippen MR) is 107 cm³/mol. The number of nitrogens with zero attached hydrogens (tertiary/aromatic N) is 3. The lowest BCUT2D eigenvalue weighted by molar-refractivity contribution is -0.136. The van der Waals surface area contributed by atoms with Gasteiger partial charge in [0, 0.05) is 17.2 Å². The summed E-state index contributed by atoms with van der Waals surface area (Å²) >= 11 is 0. The van der Waals surface area contributed by atoms with Gasteiger partial charge in [-0.15, -0.1) is 0 Å². The van der Waals surface area contributed by atoms with Crippen LogP contribution in [0.15, 0.2) is 48.5 Å². The molecule has 1 N–H and O–H groups in total. The zero-order valence-corrected chi connectivity index (χ0v) is 15.5. The molecule has 0 saturated heterocycles. The summed E-state index contributed by atoms with van der Waals surface area (Å²) in [6.07, 6.45) is 0.970. The third-order valence-electron chi connectivity index (χ3n) is 4.48. The van der Waals surface area contributed by atoms with Crippen molar-refractivity contribution in [2.24, 2.45) is 0 Å². The van der Waals surface area contributed by atoms with Gasteiger partial charge >= 0.3 is 5.97 Å². The van der Waals surface area contributed by atoms with Gasteiger partial charge in [0.2, 0.25) is 0 Å². The van der Waals surface area contributed by atoms with Crippen LogP contribution in [0.5, 0.6) is 0 Å². The first-order chi connectivity index (χ1) is 13.5. The fraction of sp³-hybridized carbons (Fsp3) is 0.238. The highest BCUT2D eigenvalue weighted by Crippen LogP contribution is 2.34. The van der Waals surface area contributed by atoms with Crippen molar-refractivity contribution < 1.29 is 19.5 Å². The molecule has 0 fully saturated rings. The summed E-state index contributed by atoms with van der Waals surface area (Å²) in [4.78, 5) is 39.7. The second-order valence-electron chi connectivity index (χ2n) is 6.35. The van der Waals surface area contributed by atoms with E-state index in [1.807, 2.05) is 48.5 Å². The smallest absolute Gasteiger partial charge is 0.324 e. The van der Waals surface area contributed by atoms with E-state index in [4.69, 9.17) is 0 Å². The van der Waals surface area contributed by atoms with Crippen LogP contribution in [-0.4, -0.2) is 52.8 Å². The van der Waals surface area contributed by atoms with Gasteiger partial charge in [-0.1, -0.05) is 43.3 Å². The Hall–Kier alpha value is -3.32. The van der Waals surface area contributed by atoms with E-state index in [9.17, 15) is 19.5 Å². The van der Waals surface area contributed by atoms with Crippen LogP contribution in [0.2, 0.25) is 0 Å². The Morgan fingerprint density at radius 2 is 1.57 bits per heavy atom. The Balaban J connectivity index is 2.28. The van der Waals surface area contributed by atoms with Gasteiger partial charge in [-0.05, 0) is 12.1 Å². The number of aldehydes is 1. The molecule has 3 aromatic rings. The summed E-state index contributed by atoms with van der Waals surface area (Å²) in [5.74, 6) is -1.15. The highest BCUT2D eigenvalue weighted by molar-refractivity contribution is 6.08. The zero-order valence-electron chi connectivity index (χ0n) is 15.5. The molecule has 1 aromatic heterocycles. The molecule has 144 valence electrons. The number of benzene rings is 2. The van der Waals surface area contributed by atoms with Crippen molar-refractivity contribution in [1.82, 2.24) is 9.99 Å². The minimum absolute atomic E-state index is 0.0481. The first-order valence-corrected chi connectivity index (χ1v) is 9.02. The van der Waals surface area contributed by atoms with Crippen molar-refractivity contribution >= 4 is 45.5 Å². The van der Waals surface area contributed by atoms with Gasteiger partial charge in [0.15, 0.2) is 0 Å². The summed E-state index contributed by atoms with van der Waals surface area (Å²) in [5, 5.41) is 14.0. The number of carboxylic acid groups (broad SMARTS) is 1. The number of carbonyl (C=O) groups is 3. The fourth-order valence-corrected chi connectivity index (χ4v) is 3.19. The molecule has 0 aliphatic rings. The maximum atomic E-state index is 12.1. The Labute approximate surface area is 162 Å². The second-order valence-corrected chi connectivity index (χ2v) is 6.35. The van der Waals surface area contributed by atoms with Crippen LogP contribution in [0.3, 0.4) is 0 Å². The lowest BCUT2D eigenvalue weighted by Gasteiger charge is -2.35. The molecule has 0 aliphatic carbocycles. The van der Waals surface area contributed by atoms with E-state index in [0.29, 0.717) is 29.4 Å². The third-order valence-corrected chi connectivity index (χ3v) is 4.48. The molecule has 1 heterocycles. The number of hydrogen-bond donors (Lipinski definition) is 1. The molecule has 2 aromatic carbocycles. The van der Waals surface area contributed by atoms with Gasteiger partial charge in [-0.25, -0.2) is 9.99 Å². The van der Waals surface area contributed by atoms with Crippen molar-refractivity contribution in [2.75, 3.05) is 24.6 Å². The van der Waals surface area contributed by atoms with Crippen molar-refractivity contribution in [3.63, 3.8) is 0 Å². The van der Waals surface area contributed by atoms with E-state index >= 15 is 0 Å². The first-order valence-electron chi connectivity index (χ1n) is 9.02. The summed E-state index contributed by atoms with van der Waals surface area (Å²) in [5.41, 5.74) is 2.04. The van der Waals surface area contributed by atoms with Gasteiger partial charge in [0.05, 0.1) is 29.8 Å². The number of carbonyl (C=O) groups excluding carboxylic acids is 2. The number of carboxylic acids is 1. The highest BCUT2D eigenvalue weighted by atomic mass is 16.4. The zero-order chi connectivity index (χ0) is 20.1. The average Bonchev–Trinajstić information content (AvgIpc) is 2.70. The van der Waals surface area contributed by atoms with Gasteiger partial charge in [-0.3, -0.25) is 14.6 Å². The van der Waals surface area contributed by atoms with Crippen molar-refractivity contribution in [3.05, 3.63) is 48.5 Å². The normalized spacial score (nSPS) is 11.1. The molecule has 0 atom stereocenters. The number of pyridine rings is 1. The van der Waals surface area contributed by atoms with Gasteiger partial charge < -0.3 is 9.90 Å². The van der Waals surface area contributed by atoms with E-state index in [1.165, 1.54) is 10.0 Å². The van der Waals surface area contributed by atoms with Crippen LogP contribution in [0.1, 0.15) is 13.3 Å². The molecule has 0 unspecified atom stereocenters. The van der Waals surface area contributed by atoms with E-state index in [2.05, 4.69) is 4.98 Å². The molecule has 0 radical (unpaired) electrons. The second kappa shape index (κ2) is 8.58. The van der Waals surface area contributed by atoms with E-state index in [-0.39, 0.29) is 25.4 Å². The first kappa shape index (κ1) is 19.4. The maximum absolute atomic E-state index is 12.1. The van der Waals surface area contributed by atoms with Gasteiger partial charge in [0.25, 0.3) is 0 Å². The van der Waals surface area contributed by atoms with Crippen LogP contribution in [0.25, 0.3) is 21.8 Å². The van der Waals surface area contributed by atoms with E-state index < -0.39 is 5.97 Å². The number of aliphatic carboxylic acids is 1. The third kappa shape index (κ3) is 3.99. The molecule has 7 heteroatoms. The number of ketones is 1. The van der Waals surface area contributed by atoms with Crippen molar-refractivity contribution in [2.45, 2.75) is 13.3 Å². The summed E-state index contributed by atoms with van der Waals surface area (Å²) < 4.78 is 0. The topological polar surface area (TPSA) is 90.8 Å². The molecular formula is C21H21N3O4. The summed E-state index contributed by atoms with van der Waals surface area (Å²) in [6, 6.07) is 14.8. The molecule has 0 aliphatic heterocycles. The maximum Gasteiger partial charge on any atom is 0.324 e. The van der Waals surface area contributed by atoms with Crippen molar-refractivity contribution in [3.8, 4) is 0 Å². The Bertz CT molecular complexity index is 981. The summed E-state index contributed by atoms with van der Waals surface area (Å²) in [7, 11) is 0. The quantitative estimate of drug-likeness (QED) is 0.347. The standard InChI is InChI=1S/C21H21N3O4/c1-2-15(26)13-23(11-12-25)24(14-20(27)28)21-16-7-3-5-9-18(16)22-19-10-6-4-8-17(19)21/h3-10,12H,2,11,13-14H2,1H3,(H,27,28). The lowest BCUT2D eigenvalue weighted by atomic mass is 10.1. The SMILES string of the molecule is CCC(=O)CN(CC=O)N(CC(=O)O)c1c2ccccc2nc2ccccc12. The lowest BCUT2D eigenvalue weighted by Crippen LogP contribution is -2.49. The van der Waals surface area contributed by atoms with Crippen LogP contribution in [-0.2, 0) is 14.4 Å². The van der Waals surface area contributed by atoms with Crippen LogP contribution in [0.4, 0.5) is 5.69 Å². The Morgan fingerprint density at radius 3 is 2.07 bits per heavy atom. The average molecular weight is 379 g/mol. The Kier molecular flexibility index (Phi) is 5.96. The predicted octanol–water partition coefficient (Wildman–Crippen LogP) is 2.67. The molecule has 0 saturated carbocycles. The number of fused-ring (bicyclic) bond motifs is 2. The minimum atomic E-state index is -1.06. The molecule has 3 rings (SSSR count). The monoisotopic (exact) mass is 379 g/mol. The number of aromatic nitrogens is 1. The van der Waals surface area contributed by atoms with E-state index in [1.54, 1.807) is 6.92 Å². The highest BCUT2D eigenvalue weighted by Gasteiger charge is 2.25. The number of hydrogen-bond acceptors (Lipinski definition) is 6. The molecular weight excluding hydrogens is 358 g/mol. The number of para-hydroxylation sites is 2. The molecule has 0 spiro atoms. The van der Waals surface area contributed by atoms with Crippen molar-refractivity contribution in [1.29, 1.82) is 0 Å². The molecule has 7 nitrogen and oxygen atoms in total. The number of rotatable bonds is 9. The van der Waals surface area contributed by atoms with Gasteiger partial charge in [0.1, 0.15) is 18.6 Å². The minimum Gasteiger partial charge on any atom is -0.480 e. The van der Waals surface area contributed by atoms with Crippen LogP contribution in [0, 0.1) is 0 Å². The van der Waals surface area contributed by atoms with Crippen LogP contribution >= 0.6 is 0 Å². The summed E-state index contributed by atoms with van der Waals surface area (Å²) in [6.45, 7) is 1.21. The Morgan fingerprint density at radius 1 is 1.00 bits per heavy atom.